The molecule has 1 heterocycles. The molecular formula is C19H22N2O3S. The van der Waals surface area contributed by atoms with Gasteiger partial charge in [-0.15, -0.1) is 0 Å². The number of benzene rings is 2. The largest absolute Gasteiger partial charge is 0.312 e. The van der Waals surface area contributed by atoms with E-state index in [4.69, 9.17) is 0 Å². The first kappa shape index (κ1) is 17.6. The highest BCUT2D eigenvalue weighted by molar-refractivity contribution is 7.89. The van der Waals surface area contributed by atoms with Gasteiger partial charge in [0.05, 0.1) is 4.90 Å². The predicted octanol–water partition coefficient (Wildman–Crippen LogP) is 2.64. The highest BCUT2D eigenvalue weighted by Gasteiger charge is 2.22. The molecule has 3 rings (SSSR count). The highest BCUT2D eigenvalue weighted by Crippen LogP contribution is 2.22. The summed E-state index contributed by atoms with van der Waals surface area (Å²) in [5, 5.41) is 0. The van der Waals surface area contributed by atoms with Crippen LogP contribution in [0.4, 0.5) is 5.69 Å². The van der Waals surface area contributed by atoms with E-state index < -0.39 is 10.0 Å². The van der Waals surface area contributed by atoms with Crippen LogP contribution >= 0.6 is 0 Å². The van der Waals surface area contributed by atoms with E-state index in [9.17, 15) is 13.2 Å². The Bertz CT molecular complexity index is 860. The maximum atomic E-state index is 12.4. The van der Waals surface area contributed by atoms with Crippen molar-refractivity contribution in [2.45, 2.75) is 31.1 Å². The summed E-state index contributed by atoms with van der Waals surface area (Å²) >= 11 is 0. The fraction of sp³-hybridized carbons (Fsp3) is 0.316. The second-order valence-electron chi connectivity index (χ2n) is 6.28. The van der Waals surface area contributed by atoms with Crippen LogP contribution in [0.15, 0.2) is 53.4 Å². The van der Waals surface area contributed by atoms with Gasteiger partial charge in [0.15, 0.2) is 0 Å². The monoisotopic (exact) mass is 358 g/mol. The quantitative estimate of drug-likeness (QED) is 0.863. The van der Waals surface area contributed by atoms with Crippen molar-refractivity contribution in [1.29, 1.82) is 0 Å². The van der Waals surface area contributed by atoms with E-state index in [2.05, 4.69) is 10.8 Å². The van der Waals surface area contributed by atoms with Crippen molar-refractivity contribution < 1.29 is 13.2 Å². The Morgan fingerprint density at radius 2 is 1.88 bits per heavy atom. The SMILES string of the molecule is Cc1cccc(CCNS(=O)(=O)c2ccc(N3CCCC3=O)cc2)c1. The summed E-state index contributed by atoms with van der Waals surface area (Å²) < 4.78 is 27.4. The van der Waals surface area contributed by atoms with Gasteiger partial charge in [-0.1, -0.05) is 29.8 Å². The first-order valence-electron chi connectivity index (χ1n) is 8.41. The van der Waals surface area contributed by atoms with E-state index in [1.54, 1.807) is 29.2 Å². The minimum atomic E-state index is -3.55. The third-order valence-electron chi connectivity index (χ3n) is 4.32. The van der Waals surface area contributed by atoms with Crippen molar-refractivity contribution in [3.63, 3.8) is 0 Å². The summed E-state index contributed by atoms with van der Waals surface area (Å²) in [6, 6.07) is 14.5. The van der Waals surface area contributed by atoms with E-state index in [1.807, 2.05) is 25.1 Å². The van der Waals surface area contributed by atoms with Gasteiger partial charge < -0.3 is 4.90 Å². The van der Waals surface area contributed by atoms with Crippen LogP contribution in [-0.2, 0) is 21.2 Å². The molecule has 0 radical (unpaired) electrons. The van der Waals surface area contributed by atoms with Crippen molar-refractivity contribution in [2.24, 2.45) is 0 Å². The Hall–Kier alpha value is -2.18. The lowest BCUT2D eigenvalue weighted by Crippen LogP contribution is -2.26. The maximum Gasteiger partial charge on any atom is 0.240 e. The summed E-state index contributed by atoms with van der Waals surface area (Å²) in [7, 11) is -3.55. The Kier molecular flexibility index (Phi) is 5.20. The van der Waals surface area contributed by atoms with Gasteiger partial charge in [-0.3, -0.25) is 4.79 Å². The zero-order valence-corrected chi connectivity index (χ0v) is 15.1. The summed E-state index contributed by atoms with van der Waals surface area (Å²) in [6.45, 7) is 3.05. The van der Waals surface area contributed by atoms with E-state index in [1.165, 1.54) is 0 Å². The molecule has 0 aliphatic carbocycles. The summed E-state index contributed by atoms with van der Waals surface area (Å²) in [5.41, 5.74) is 3.01. The van der Waals surface area contributed by atoms with Gasteiger partial charge in [0, 0.05) is 25.2 Å². The van der Waals surface area contributed by atoms with Crippen molar-refractivity contribution in [3.05, 3.63) is 59.7 Å². The molecule has 0 atom stereocenters. The molecule has 0 unspecified atom stereocenters. The molecule has 1 aliphatic heterocycles. The average Bonchev–Trinajstić information content (AvgIpc) is 3.01. The number of rotatable bonds is 6. The van der Waals surface area contributed by atoms with Gasteiger partial charge in [0.2, 0.25) is 15.9 Å². The molecule has 6 heteroatoms. The number of hydrogen-bond donors (Lipinski definition) is 1. The molecule has 132 valence electrons. The predicted molar refractivity (Wildman–Crippen MR) is 98.1 cm³/mol. The first-order valence-corrected chi connectivity index (χ1v) is 9.90. The fourth-order valence-electron chi connectivity index (χ4n) is 3.01. The standard InChI is InChI=1S/C19H22N2O3S/c1-15-4-2-5-16(14-15)11-12-20-25(23,24)18-9-7-17(8-10-18)21-13-3-6-19(21)22/h2,4-5,7-10,14,20H,3,6,11-13H2,1H3. The highest BCUT2D eigenvalue weighted by atomic mass is 32.2. The third-order valence-corrected chi connectivity index (χ3v) is 5.80. The molecule has 0 aromatic heterocycles. The topological polar surface area (TPSA) is 66.5 Å². The van der Waals surface area contributed by atoms with Crippen molar-refractivity contribution >= 4 is 21.6 Å². The summed E-state index contributed by atoms with van der Waals surface area (Å²) in [5.74, 6) is 0.0897. The lowest BCUT2D eigenvalue weighted by molar-refractivity contribution is -0.117. The molecule has 1 amide bonds. The second-order valence-corrected chi connectivity index (χ2v) is 8.05. The van der Waals surface area contributed by atoms with Crippen LogP contribution in [0.3, 0.4) is 0 Å². The lowest BCUT2D eigenvalue weighted by atomic mass is 10.1. The molecule has 25 heavy (non-hydrogen) atoms. The normalized spacial score (nSPS) is 14.9. The molecule has 1 aliphatic rings. The maximum absolute atomic E-state index is 12.4. The molecular weight excluding hydrogens is 336 g/mol. The number of anilines is 1. The number of nitrogens with one attached hydrogen (secondary N) is 1. The Labute approximate surface area is 148 Å². The van der Waals surface area contributed by atoms with Crippen LogP contribution in [0.25, 0.3) is 0 Å². The number of aryl methyl sites for hydroxylation is 1. The van der Waals surface area contributed by atoms with E-state index >= 15 is 0 Å². The second kappa shape index (κ2) is 7.37. The fourth-order valence-corrected chi connectivity index (χ4v) is 4.04. The minimum Gasteiger partial charge on any atom is -0.312 e. The number of nitrogens with zero attached hydrogens (tertiary/aromatic N) is 1. The molecule has 1 N–H and O–H groups in total. The van der Waals surface area contributed by atoms with Crippen molar-refractivity contribution in [3.8, 4) is 0 Å². The number of carbonyl (C=O) groups is 1. The van der Waals surface area contributed by atoms with E-state index in [-0.39, 0.29) is 10.8 Å². The third kappa shape index (κ3) is 4.27. The number of hydrogen-bond acceptors (Lipinski definition) is 3. The first-order chi connectivity index (χ1) is 12.0. The molecule has 1 fully saturated rings. The van der Waals surface area contributed by atoms with Crippen LogP contribution in [0.2, 0.25) is 0 Å². The van der Waals surface area contributed by atoms with Crippen LogP contribution in [-0.4, -0.2) is 27.4 Å². The Balaban J connectivity index is 1.62. The van der Waals surface area contributed by atoms with Crippen LogP contribution in [0.1, 0.15) is 24.0 Å². The zero-order chi connectivity index (χ0) is 17.9. The smallest absolute Gasteiger partial charge is 0.240 e. The van der Waals surface area contributed by atoms with Gasteiger partial charge >= 0.3 is 0 Å². The molecule has 0 saturated carbocycles. The molecule has 5 nitrogen and oxygen atoms in total. The van der Waals surface area contributed by atoms with E-state index in [0.717, 1.165) is 23.2 Å². The Morgan fingerprint density at radius 1 is 1.12 bits per heavy atom. The van der Waals surface area contributed by atoms with Crippen molar-refractivity contribution in [2.75, 3.05) is 18.0 Å². The number of carbonyl (C=O) groups excluding carboxylic acids is 1. The average molecular weight is 358 g/mol. The van der Waals surface area contributed by atoms with Gasteiger partial charge in [-0.25, -0.2) is 13.1 Å². The lowest BCUT2D eigenvalue weighted by Gasteiger charge is -2.16. The number of sulfonamides is 1. The van der Waals surface area contributed by atoms with Gasteiger partial charge in [0.1, 0.15) is 0 Å². The molecule has 0 spiro atoms. The van der Waals surface area contributed by atoms with Gasteiger partial charge in [0.25, 0.3) is 0 Å². The summed E-state index contributed by atoms with van der Waals surface area (Å²) in [6.07, 6.45) is 2.04. The van der Waals surface area contributed by atoms with E-state index in [0.29, 0.717) is 25.9 Å². The molecule has 2 aromatic rings. The van der Waals surface area contributed by atoms with Crippen molar-refractivity contribution in [1.82, 2.24) is 4.72 Å². The van der Waals surface area contributed by atoms with Crippen LogP contribution in [0, 0.1) is 6.92 Å². The molecule has 2 aromatic carbocycles. The molecule has 1 saturated heterocycles. The van der Waals surface area contributed by atoms with Gasteiger partial charge in [-0.2, -0.15) is 0 Å². The number of amides is 1. The minimum absolute atomic E-state index is 0.0897. The van der Waals surface area contributed by atoms with Crippen LogP contribution < -0.4 is 9.62 Å². The summed E-state index contributed by atoms with van der Waals surface area (Å²) in [4.78, 5) is 13.7. The molecule has 0 bridgehead atoms. The van der Waals surface area contributed by atoms with Gasteiger partial charge in [-0.05, 0) is 49.6 Å². The Morgan fingerprint density at radius 3 is 2.52 bits per heavy atom. The van der Waals surface area contributed by atoms with Crippen LogP contribution in [0.5, 0.6) is 0 Å². The zero-order valence-electron chi connectivity index (χ0n) is 14.2.